The third-order valence-electron chi connectivity index (χ3n) is 8.88. The van der Waals surface area contributed by atoms with Crippen LogP contribution in [0.15, 0.2) is 35.5 Å². The lowest BCUT2D eigenvalue weighted by Gasteiger charge is -2.44. The number of allylic oxidation sites excluding steroid dienone is 3. The largest absolute Gasteiger partial charge is 0.393 e. The molecule has 0 radical (unpaired) electrons. The Balaban J connectivity index is 1.66. The Hall–Kier alpha value is -1.04. The van der Waals surface area contributed by atoms with Crippen molar-refractivity contribution in [3.8, 4) is 0 Å². The van der Waals surface area contributed by atoms with Gasteiger partial charge >= 0.3 is 6.11 Å². The van der Waals surface area contributed by atoms with Crippen molar-refractivity contribution < 1.29 is 24.1 Å². The molecule has 0 aromatic carbocycles. The van der Waals surface area contributed by atoms with E-state index in [-0.39, 0.29) is 5.41 Å². The van der Waals surface area contributed by atoms with Crippen LogP contribution in [-0.2, 0) is 0 Å². The summed E-state index contributed by atoms with van der Waals surface area (Å²) < 4.78 is 26.1. The van der Waals surface area contributed by atoms with Gasteiger partial charge in [-0.25, -0.2) is 0 Å². The third-order valence-corrected chi connectivity index (χ3v) is 8.88. The molecule has 0 spiro atoms. The summed E-state index contributed by atoms with van der Waals surface area (Å²) in [5, 5.41) is 29.0. The number of hydrogen-bond donors (Lipinski definition) is 3. The minimum Gasteiger partial charge on any atom is -0.393 e. The first-order chi connectivity index (χ1) is 14.9. The average Bonchev–Trinajstić information content (AvgIpc) is 3.06. The number of aliphatic hydroxyl groups is 3. The van der Waals surface area contributed by atoms with E-state index >= 15 is 0 Å². The molecular weight excluding hydrogens is 410 g/mol. The van der Waals surface area contributed by atoms with Gasteiger partial charge in [0.1, 0.15) is 0 Å². The van der Waals surface area contributed by atoms with Gasteiger partial charge in [0.05, 0.1) is 12.2 Å². The number of fused-ring (bicyclic) bond motifs is 1. The molecule has 3 rings (SSSR count). The van der Waals surface area contributed by atoms with Crippen LogP contribution in [0.2, 0.25) is 0 Å². The van der Waals surface area contributed by atoms with Crippen LogP contribution in [0.3, 0.4) is 0 Å². The fourth-order valence-electron chi connectivity index (χ4n) is 6.80. The molecule has 7 atom stereocenters. The fourth-order valence-corrected chi connectivity index (χ4v) is 6.80. The first-order valence-electron chi connectivity index (χ1n) is 12.5. The summed E-state index contributed by atoms with van der Waals surface area (Å²) in [5.74, 6) is 0.603. The van der Waals surface area contributed by atoms with Crippen LogP contribution in [0, 0.1) is 29.1 Å². The van der Waals surface area contributed by atoms with Crippen molar-refractivity contribution in [2.24, 2.45) is 29.1 Å². The van der Waals surface area contributed by atoms with E-state index < -0.39 is 24.2 Å². The lowest BCUT2D eigenvalue weighted by atomic mass is 9.60. The van der Waals surface area contributed by atoms with Crippen LogP contribution < -0.4 is 0 Å². The third kappa shape index (κ3) is 5.53. The van der Waals surface area contributed by atoms with Gasteiger partial charge in [-0.1, -0.05) is 57.9 Å². The minimum atomic E-state index is -3.58. The molecule has 32 heavy (non-hydrogen) atoms. The maximum atomic E-state index is 13.1. The molecule has 182 valence electrons. The van der Waals surface area contributed by atoms with E-state index in [2.05, 4.69) is 32.6 Å². The van der Waals surface area contributed by atoms with E-state index in [1.165, 1.54) is 25.3 Å². The number of halogens is 2. The Labute approximate surface area is 192 Å². The molecule has 0 aliphatic heterocycles. The Kier molecular flexibility index (Phi) is 8.05. The predicted molar refractivity (Wildman–Crippen MR) is 124 cm³/mol. The second-order valence-electron chi connectivity index (χ2n) is 11.1. The van der Waals surface area contributed by atoms with Crippen LogP contribution in [-0.4, -0.2) is 33.6 Å². The molecule has 0 bridgehead atoms. The quantitative estimate of drug-likeness (QED) is 0.434. The van der Waals surface area contributed by atoms with E-state index in [9.17, 15) is 19.0 Å². The molecule has 0 heterocycles. The summed E-state index contributed by atoms with van der Waals surface area (Å²) in [5.41, 5.74) is 3.38. The summed E-state index contributed by atoms with van der Waals surface area (Å²) in [7, 11) is 0. The molecule has 3 unspecified atom stereocenters. The van der Waals surface area contributed by atoms with Crippen LogP contribution in [0.1, 0.15) is 85.0 Å². The molecule has 3 aliphatic rings. The highest BCUT2D eigenvalue weighted by Crippen LogP contribution is 2.60. The summed E-state index contributed by atoms with van der Waals surface area (Å²) in [6.07, 6.45) is 8.23. The van der Waals surface area contributed by atoms with E-state index in [0.29, 0.717) is 37.0 Å². The molecule has 0 saturated heterocycles. The summed E-state index contributed by atoms with van der Waals surface area (Å²) in [6.45, 7) is 10.1. The van der Waals surface area contributed by atoms with Crippen LogP contribution in [0.5, 0.6) is 0 Å². The number of rotatable bonds is 7. The van der Waals surface area contributed by atoms with Gasteiger partial charge in [0.15, 0.2) is 0 Å². The van der Waals surface area contributed by atoms with Crippen LogP contribution in [0.25, 0.3) is 0 Å². The van der Waals surface area contributed by atoms with Gasteiger partial charge in [-0.15, -0.1) is 0 Å². The van der Waals surface area contributed by atoms with Gasteiger partial charge < -0.3 is 15.3 Å². The smallest absolute Gasteiger partial charge is 0.355 e. The summed E-state index contributed by atoms with van der Waals surface area (Å²) >= 11 is 0. The van der Waals surface area contributed by atoms with E-state index in [0.717, 1.165) is 43.3 Å². The molecule has 3 saturated carbocycles. The molecule has 0 aromatic rings. The SMILES string of the molecule is C=C1/C(=C\C=C2/CCC[C@]3(C)[C@@H]([C@H](C)CCCC(C)C(O)(F)F)CC[C@@H]23)CC(O)CC1O. The van der Waals surface area contributed by atoms with Crippen molar-refractivity contribution in [3.05, 3.63) is 35.5 Å². The second-order valence-corrected chi connectivity index (χ2v) is 11.1. The number of alkyl halides is 2. The van der Waals surface area contributed by atoms with E-state index in [1.807, 2.05) is 0 Å². The van der Waals surface area contributed by atoms with Crippen molar-refractivity contribution in [1.82, 2.24) is 0 Å². The zero-order valence-corrected chi connectivity index (χ0v) is 20.0. The van der Waals surface area contributed by atoms with Crippen molar-refractivity contribution in [2.75, 3.05) is 0 Å². The molecule has 3 nitrogen and oxygen atoms in total. The van der Waals surface area contributed by atoms with Crippen LogP contribution in [0.4, 0.5) is 8.78 Å². The zero-order chi connectivity index (χ0) is 23.7. The average molecular weight is 453 g/mol. The van der Waals surface area contributed by atoms with Crippen molar-refractivity contribution in [3.63, 3.8) is 0 Å². The van der Waals surface area contributed by atoms with Gasteiger partial charge in [-0.05, 0) is 79.3 Å². The van der Waals surface area contributed by atoms with Gasteiger partial charge in [0.2, 0.25) is 0 Å². The normalized spacial score (nSPS) is 38.2. The maximum Gasteiger partial charge on any atom is 0.355 e. The van der Waals surface area contributed by atoms with Gasteiger partial charge in [-0.3, -0.25) is 0 Å². The van der Waals surface area contributed by atoms with Crippen molar-refractivity contribution >= 4 is 0 Å². The fraction of sp³-hybridized carbons (Fsp3) is 0.778. The zero-order valence-electron chi connectivity index (χ0n) is 20.0. The molecule has 3 aliphatic carbocycles. The lowest BCUT2D eigenvalue weighted by molar-refractivity contribution is -0.234. The lowest BCUT2D eigenvalue weighted by Crippen LogP contribution is -2.36. The Morgan fingerprint density at radius 3 is 2.59 bits per heavy atom. The Bertz CT molecular complexity index is 738. The first-order valence-corrected chi connectivity index (χ1v) is 12.5. The van der Waals surface area contributed by atoms with Crippen molar-refractivity contribution in [1.29, 1.82) is 0 Å². The second kappa shape index (κ2) is 10.1. The molecule has 5 heteroatoms. The number of hydrogen-bond acceptors (Lipinski definition) is 3. The van der Waals surface area contributed by atoms with E-state index in [1.54, 1.807) is 0 Å². The minimum absolute atomic E-state index is 0.233. The summed E-state index contributed by atoms with van der Waals surface area (Å²) in [4.78, 5) is 0. The standard InChI is InChI=1S/C27H42F2O3/c1-17(7-5-8-18(2)27(28,29)32)23-12-13-24-20(9-6-14-26(23,24)4)10-11-21-15-22(30)16-25(31)19(21)3/h10-11,17-18,22-25,30-32H,3,5-9,12-16H2,1-2,4H3/b20-10+,21-11-/t17-,18?,22?,23-,24+,25?,26-/m1/s1. The predicted octanol–water partition coefficient (Wildman–Crippen LogP) is 6.16. The Morgan fingerprint density at radius 1 is 1.19 bits per heavy atom. The molecule has 3 N–H and O–H groups in total. The Morgan fingerprint density at radius 2 is 1.91 bits per heavy atom. The molecule has 3 fully saturated rings. The van der Waals surface area contributed by atoms with Crippen LogP contribution >= 0.6 is 0 Å². The van der Waals surface area contributed by atoms with Gasteiger partial charge in [0.25, 0.3) is 0 Å². The summed E-state index contributed by atoms with van der Waals surface area (Å²) in [6, 6.07) is 0. The molecule has 0 amide bonds. The van der Waals surface area contributed by atoms with Gasteiger partial charge in [0, 0.05) is 12.3 Å². The highest BCUT2D eigenvalue weighted by atomic mass is 19.3. The maximum absolute atomic E-state index is 13.1. The first kappa shape index (κ1) is 25.6. The van der Waals surface area contributed by atoms with E-state index in [4.69, 9.17) is 5.11 Å². The van der Waals surface area contributed by atoms with Crippen molar-refractivity contribution in [2.45, 2.75) is 103 Å². The highest BCUT2D eigenvalue weighted by Gasteiger charge is 2.50. The van der Waals surface area contributed by atoms with Gasteiger partial charge in [-0.2, -0.15) is 8.78 Å². The molecular formula is C27H42F2O3. The molecule has 0 aromatic heterocycles. The topological polar surface area (TPSA) is 60.7 Å². The highest BCUT2D eigenvalue weighted by molar-refractivity contribution is 5.38. The number of aliphatic hydroxyl groups excluding tert-OH is 2. The monoisotopic (exact) mass is 452 g/mol.